The number of nitrogens with zero attached hydrogens (tertiary/aromatic N) is 3. The molecule has 2 aromatic heterocycles. The zero-order chi connectivity index (χ0) is 24.6. The monoisotopic (exact) mass is 470 g/mol. The SMILES string of the molecule is CCC(O)c1ccc(Oc2ccc(-c3cn(C(C)C)c4ncnc(N)c34)cc2)cc1C(F)(F)F. The first-order valence-electron chi connectivity index (χ1n) is 10.9. The zero-order valence-corrected chi connectivity index (χ0v) is 19.0. The van der Waals surface area contributed by atoms with Gasteiger partial charge < -0.3 is 20.1 Å². The van der Waals surface area contributed by atoms with Gasteiger partial charge in [0.15, 0.2) is 0 Å². The number of aromatic nitrogens is 3. The lowest BCUT2D eigenvalue weighted by Crippen LogP contribution is -2.12. The summed E-state index contributed by atoms with van der Waals surface area (Å²) in [6, 6.07) is 10.7. The summed E-state index contributed by atoms with van der Waals surface area (Å²) in [6.07, 6.45) is -2.25. The first-order chi connectivity index (χ1) is 16.1. The second-order valence-corrected chi connectivity index (χ2v) is 8.30. The fourth-order valence-corrected chi connectivity index (χ4v) is 3.91. The number of nitrogen functional groups attached to an aromatic ring is 1. The van der Waals surface area contributed by atoms with Gasteiger partial charge in [-0.1, -0.05) is 25.1 Å². The summed E-state index contributed by atoms with van der Waals surface area (Å²) in [5.41, 5.74) is 7.48. The van der Waals surface area contributed by atoms with Crippen molar-refractivity contribution < 1.29 is 23.0 Å². The van der Waals surface area contributed by atoms with Gasteiger partial charge in [-0.05, 0) is 55.7 Å². The topological polar surface area (TPSA) is 86.2 Å². The van der Waals surface area contributed by atoms with Crippen molar-refractivity contribution in [3.8, 4) is 22.6 Å². The van der Waals surface area contributed by atoms with Crippen molar-refractivity contribution in [2.75, 3.05) is 5.73 Å². The molecule has 2 aromatic carbocycles. The largest absolute Gasteiger partial charge is 0.457 e. The van der Waals surface area contributed by atoms with Crippen molar-refractivity contribution in [2.24, 2.45) is 0 Å². The van der Waals surface area contributed by atoms with E-state index in [-0.39, 0.29) is 23.8 Å². The molecular formula is C25H25F3N4O2. The van der Waals surface area contributed by atoms with Gasteiger partial charge >= 0.3 is 6.18 Å². The summed E-state index contributed by atoms with van der Waals surface area (Å²) in [6.45, 7) is 5.70. The fraction of sp³-hybridized carbons (Fsp3) is 0.280. The zero-order valence-electron chi connectivity index (χ0n) is 19.0. The predicted molar refractivity (Wildman–Crippen MR) is 125 cm³/mol. The molecule has 0 fully saturated rings. The Hall–Kier alpha value is -3.59. The van der Waals surface area contributed by atoms with Crippen molar-refractivity contribution in [1.82, 2.24) is 14.5 Å². The van der Waals surface area contributed by atoms with Gasteiger partial charge in [-0.3, -0.25) is 0 Å². The van der Waals surface area contributed by atoms with Crippen molar-refractivity contribution in [3.63, 3.8) is 0 Å². The Bertz CT molecular complexity index is 1310. The van der Waals surface area contributed by atoms with Gasteiger partial charge in [-0.15, -0.1) is 0 Å². The molecule has 0 aliphatic heterocycles. The average Bonchev–Trinajstić information content (AvgIpc) is 3.20. The van der Waals surface area contributed by atoms with Crippen LogP contribution in [0.2, 0.25) is 0 Å². The molecule has 3 N–H and O–H groups in total. The summed E-state index contributed by atoms with van der Waals surface area (Å²) < 4.78 is 48.3. The second kappa shape index (κ2) is 8.98. The van der Waals surface area contributed by atoms with Gasteiger partial charge in [0.25, 0.3) is 0 Å². The Kier molecular flexibility index (Phi) is 6.22. The molecule has 0 spiro atoms. The lowest BCUT2D eigenvalue weighted by Gasteiger charge is -2.18. The van der Waals surface area contributed by atoms with Crippen LogP contribution in [0.25, 0.3) is 22.2 Å². The van der Waals surface area contributed by atoms with Crippen molar-refractivity contribution in [1.29, 1.82) is 0 Å². The standard InChI is InChI=1S/C25H25F3N4O2/c1-4-21(33)18-10-9-17(11-20(18)25(26,27)28)34-16-7-5-15(6-8-16)19-12-32(14(2)3)24-22(19)23(29)30-13-31-24/h5-14,21,33H,4H2,1-3H3,(H2,29,30,31). The summed E-state index contributed by atoms with van der Waals surface area (Å²) in [5, 5.41) is 10.7. The number of fused-ring (bicyclic) bond motifs is 1. The number of rotatable bonds is 6. The Morgan fingerprint density at radius 2 is 1.74 bits per heavy atom. The van der Waals surface area contributed by atoms with Crippen LogP contribution < -0.4 is 10.5 Å². The van der Waals surface area contributed by atoms with Crippen molar-refractivity contribution in [2.45, 2.75) is 45.5 Å². The maximum atomic E-state index is 13.5. The third kappa shape index (κ3) is 4.43. The van der Waals surface area contributed by atoms with Crippen LogP contribution >= 0.6 is 0 Å². The quantitative estimate of drug-likeness (QED) is 0.335. The smallest absolute Gasteiger partial charge is 0.416 e. The molecule has 9 heteroatoms. The normalized spacial score (nSPS) is 12.9. The third-order valence-electron chi connectivity index (χ3n) is 5.67. The van der Waals surface area contributed by atoms with Gasteiger partial charge in [0.1, 0.15) is 29.3 Å². The minimum Gasteiger partial charge on any atom is -0.457 e. The number of hydrogen-bond acceptors (Lipinski definition) is 5. The number of nitrogens with two attached hydrogens (primary N) is 1. The van der Waals surface area contributed by atoms with Crippen LogP contribution in [0.5, 0.6) is 11.5 Å². The van der Waals surface area contributed by atoms with Gasteiger partial charge in [0.2, 0.25) is 0 Å². The molecule has 34 heavy (non-hydrogen) atoms. The Morgan fingerprint density at radius 1 is 1.06 bits per heavy atom. The third-order valence-corrected chi connectivity index (χ3v) is 5.67. The minimum atomic E-state index is -4.61. The lowest BCUT2D eigenvalue weighted by molar-refractivity contribution is -0.139. The molecule has 0 saturated heterocycles. The molecule has 0 saturated carbocycles. The molecule has 1 atom stereocenters. The highest BCUT2D eigenvalue weighted by atomic mass is 19.4. The first kappa shape index (κ1) is 23.6. The Morgan fingerprint density at radius 3 is 2.35 bits per heavy atom. The fourth-order valence-electron chi connectivity index (χ4n) is 3.91. The molecule has 0 bridgehead atoms. The number of halogens is 3. The van der Waals surface area contributed by atoms with Gasteiger partial charge in [-0.2, -0.15) is 13.2 Å². The van der Waals surface area contributed by atoms with E-state index in [0.29, 0.717) is 11.6 Å². The van der Waals surface area contributed by atoms with E-state index in [2.05, 4.69) is 9.97 Å². The van der Waals surface area contributed by atoms with E-state index in [9.17, 15) is 18.3 Å². The number of aliphatic hydroxyl groups is 1. The van der Waals surface area contributed by atoms with Crippen LogP contribution in [0.4, 0.5) is 19.0 Å². The van der Waals surface area contributed by atoms with Crippen LogP contribution in [0, 0.1) is 0 Å². The number of ether oxygens (including phenoxy) is 1. The number of aliphatic hydroxyl groups excluding tert-OH is 1. The maximum absolute atomic E-state index is 13.5. The van der Waals surface area contributed by atoms with Crippen LogP contribution in [0.15, 0.2) is 55.0 Å². The highest BCUT2D eigenvalue weighted by Gasteiger charge is 2.35. The molecule has 2 heterocycles. The van der Waals surface area contributed by atoms with E-state index >= 15 is 0 Å². The van der Waals surface area contributed by atoms with Crippen molar-refractivity contribution >= 4 is 16.9 Å². The van der Waals surface area contributed by atoms with Gasteiger partial charge in [-0.25, -0.2) is 9.97 Å². The molecule has 0 aliphatic carbocycles. The molecule has 0 aliphatic rings. The molecule has 178 valence electrons. The Balaban J connectivity index is 1.66. The van der Waals surface area contributed by atoms with Crippen LogP contribution in [-0.2, 0) is 6.18 Å². The number of benzene rings is 2. The molecule has 1 unspecified atom stereocenters. The lowest BCUT2D eigenvalue weighted by atomic mass is 10.00. The van der Waals surface area contributed by atoms with Crippen LogP contribution in [0.1, 0.15) is 50.5 Å². The highest BCUT2D eigenvalue weighted by Crippen LogP contribution is 2.39. The molecule has 6 nitrogen and oxygen atoms in total. The number of anilines is 1. The molecule has 4 aromatic rings. The summed E-state index contributed by atoms with van der Waals surface area (Å²) >= 11 is 0. The Labute approximate surface area is 194 Å². The van der Waals surface area contributed by atoms with E-state index in [1.165, 1.54) is 18.5 Å². The van der Waals surface area contributed by atoms with Crippen LogP contribution in [0.3, 0.4) is 0 Å². The summed E-state index contributed by atoms with van der Waals surface area (Å²) in [7, 11) is 0. The van der Waals surface area contributed by atoms with Crippen LogP contribution in [-0.4, -0.2) is 19.6 Å². The van der Waals surface area contributed by atoms with Gasteiger partial charge in [0, 0.05) is 17.8 Å². The van der Waals surface area contributed by atoms with E-state index in [1.54, 1.807) is 31.2 Å². The molecular weight excluding hydrogens is 445 g/mol. The molecule has 0 radical (unpaired) electrons. The van der Waals surface area contributed by atoms with Gasteiger partial charge in [0.05, 0.1) is 17.1 Å². The number of hydrogen-bond donors (Lipinski definition) is 2. The minimum absolute atomic E-state index is 0.0289. The summed E-state index contributed by atoms with van der Waals surface area (Å²) in [4.78, 5) is 8.49. The molecule has 4 rings (SSSR count). The average molecular weight is 470 g/mol. The van der Waals surface area contributed by atoms with E-state index < -0.39 is 17.8 Å². The highest BCUT2D eigenvalue weighted by molar-refractivity contribution is 6.00. The predicted octanol–water partition coefficient (Wildman–Crippen LogP) is 6.52. The van der Waals surface area contributed by atoms with E-state index in [0.717, 1.165) is 28.2 Å². The first-order valence-corrected chi connectivity index (χ1v) is 10.9. The van der Waals surface area contributed by atoms with E-state index in [1.807, 2.05) is 24.6 Å². The second-order valence-electron chi connectivity index (χ2n) is 8.30. The summed E-state index contributed by atoms with van der Waals surface area (Å²) in [5.74, 6) is 0.771. The maximum Gasteiger partial charge on any atom is 0.416 e. The number of alkyl halides is 3. The molecule has 0 amide bonds. The van der Waals surface area contributed by atoms with Crippen molar-refractivity contribution in [3.05, 3.63) is 66.1 Å². The van der Waals surface area contributed by atoms with E-state index in [4.69, 9.17) is 10.5 Å².